The van der Waals surface area contributed by atoms with Crippen LogP contribution in [0.4, 0.5) is 11.4 Å². The number of hydrogen-bond acceptors (Lipinski definition) is 4. The van der Waals surface area contributed by atoms with Gasteiger partial charge in [-0.05, 0) is 68.5 Å². The van der Waals surface area contributed by atoms with E-state index in [0.717, 1.165) is 38.0 Å². The molecule has 0 spiro atoms. The summed E-state index contributed by atoms with van der Waals surface area (Å²) in [7, 11) is 0. The molecule has 2 aromatic carbocycles. The minimum atomic E-state index is -0.362. The summed E-state index contributed by atoms with van der Waals surface area (Å²) in [4.78, 5) is 28.1. The number of carbonyl (C=O) groups excluding carboxylic acids is 2. The number of hydrogen-bond donors (Lipinski definition) is 2. The summed E-state index contributed by atoms with van der Waals surface area (Å²) in [6.07, 6.45) is 2.91. The lowest BCUT2D eigenvalue weighted by molar-refractivity contribution is 0.0943. The molecule has 2 N–H and O–H groups in total. The van der Waals surface area contributed by atoms with Crippen LogP contribution in [0.25, 0.3) is 0 Å². The van der Waals surface area contributed by atoms with Crippen molar-refractivity contribution < 1.29 is 14.3 Å². The molecule has 6 nitrogen and oxygen atoms in total. The fourth-order valence-electron chi connectivity index (χ4n) is 3.81. The van der Waals surface area contributed by atoms with Gasteiger partial charge < -0.3 is 20.3 Å². The molecule has 0 aromatic heterocycles. The Labute approximate surface area is 205 Å². The topological polar surface area (TPSA) is 70.7 Å². The standard InChI is InChI=1S/C25H31Cl2N3O3/c1-3-33-14-4-11-28-24(31)21-16-19(6-8-23(21)30-12-9-17(2)10-13-30)29-25(32)20-7-5-18(26)15-22(20)27/h5-8,15-17H,3-4,9-14H2,1-2H3,(H,28,31)(H,29,32). The van der Waals surface area contributed by atoms with Crippen LogP contribution in [-0.4, -0.2) is 44.7 Å². The number of ether oxygens (including phenoxy) is 1. The largest absolute Gasteiger partial charge is 0.382 e. The molecular weight excluding hydrogens is 461 g/mol. The zero-order chi connectivity index (χ0) is 23.8. The second-order valence-corrected chi connectivity index (χ2v) is 9.13. The number of anilines is 2. The van der Waals surface area contributed by atoms with Crippen LogP contribution in [0.5, 0.6) is 0 Å². The van der Waals surface area contributed by atoms with E-state index in [1.807, 2.05) is 19.1 Å². The summed E-state index contributed by atoms with van der Waals surface area (Å²) in [5.41, 5.74) is 2.27. The van der Waals surface area contributed by atoms with E-state index in [-0.39, 0.29) is 16.8 Å². The smallest absolute Gasteiger partial charge is 0.257 e. The van der Waals surface area contributed by atoms with Gasteiger partial charge in [0.15, 0.2) is 0 Å². The Balaban J connectivity index is 1.79. The monoisotopic (exact) mass is 491 g/mol. The minimum Gasteiger partial charge on any atom is -0.382 e. The number of nitrogens with one attached hydrogen (secondary N) is 2. The number of halogens is 2. The number of piperidine rings is 1. The van der Waals surface area contributed by atoms with E-state index in [2.05, 4.69) is 22.5 Å². The molecule has 1 aliphatic rings. The van der Waals surface area contributed by atoms with Gasteiger partial charge in [0.25, 0.3) is 11.8 Å². The Morgan fingerprint density at radius 1 is 1.06 bits per heavy atom. The number of amides is 2. The third-order valence-electron chi connectivity index (χ3n) is 5.75. The SMILES string of the molecule is CCOCCCNC(=O)c1cc(NC(=O)c2ccc(Cl)cc2Cl)ccc1N1CCC(C)CC1. The highest BCUT2D eigenvalue weighted by Crippen LogP contribution is 2.29. The van der Waals surface area contributed by atoms with Crippen molar-refractivity contribution >= 4 is 46.4 Å². The van der Waals surface area contributed by atoms with Gasteiger partial charge in [-0.2, -0.15) is 0 Å². The van der Waals surface area contributed by atoms with E-state index < -0.39 is 0 Å². The van der Waals surface area contributed by atoms with Gasteiger partial charge in [-0.25, -0.2) is 0 Å². The second-order valence-electron chi connectivity index (χ2n) is 8.29. The van der Waals surface area contributed by atoms with E-state index in [4.69, 9.17) is 27.9 Å². The Morgan fingerprint density at radius 3 is 2.52 bits per heavy atom. The van der Waals surface area contributed by atoms with Crippen molar-refractivity contribution in [2.75, 3.05) is 43.1 Å². The molecule has 0 bridgehead atoms. The first-order valence-electron chi connectivity index (χ1n) is 11.4. The van der Waals surface area contributed by atoms with Crippen molar-refractivity contribution in [3.05, 3.63) is 57.6 Å². The molecule has 0 radical (unpaired) electrons. The lowest BCUT2D eigenvalue weighted by atomic mass is 9.97. The van der Waals surface area contributed by atoms with Crippen molar-refractivity contribution in [2.24, 2.45) is 5.92 Å². The highest BCUT2D eigenvalue weighted by atomic mass is 35.5. The van der Waals surface area contributed by atoms with Crippen molar-refractivity contribution in [3.63, 3.8) is 0 Å². The molecule has 178 valence electrons. The molecule has 0 atom stereocenters. The third kappa shape index (κ3) is 7.10. The third-order valence-corrected chi connectivity index (χ3v) is 6.30. The fraction of sp³-hybridized carbons (Fsp3) is 0.440. The summed E-state index contributed by atoms with van der Waals surface area (Å²) in [6, 6.07) is 10.2. The summed E-state index contributed by atoms with van der Waals surface area (Å²) in [5.74, 6) is 0.153. The summed E-state index contributed by atoms with van der Waals surface area (Å²) in [6.45, 7) is 7.78. The Morgan fingerprint density at radius 2 is 1.82 bits per heavy atom. The zero-order valence-corrected chi connectivity index (χ0v) is 20.6. The molecular formula is C25H31Cl2N3O3. The van der Waals surface area contributed by atoms with E-state index in [1.165, 1.54) is 6.07 Å². The number of rotatable bonds is 9. The molecule has 8 heteroatoms. The first-order chi connectivity index (χ1) is 15.9. The van der Waals surface area contributed by atoms with Gasteiger partial charge in [-0.15, -0.1) is 0 Å². The van der Waals surface area contributed by atoms with Crippen LogP contribution in [0.3, 0.4) is 0 Å². The van der Waals surface area contributed by atoms with Crippen molar-refractivity contribution in [3.8, 4) is 0 Å². The highest BCUT2D eigenvalue weighted by molar-refractivity contribution is 6.37. The Kier molecular flexibility index (Phi) is 9.41. The maximum absolute atomic E-state index is 13.1. The average molecular weight is 492 g/mol. The Hall–Kier alpha value is -2.28. The normalized spacial score (nSPS) is 14.2. The van der Waals surface area contributed by atoms with E-state index >= 15 is 0 Å². The van der Waals surface area contributed by atoms with Gasteiger partial charge in [-0.3, -0.25) is 9.59 Å². The molecule has 0 unspecified atom stereocenters. The van der Waals surface area contributed by atoms with Crippen molar-refractivity contribution in [2.45, 2.75) is 33.1 Å². The molecule has 0 aliphatic carbocycles. The van der Waals surface area contributed by atoms with Gasteiger partial charge >= 0.3 is 0 Å². The number of nitrogens with zero attached hydrogens (tertiary/aromatic N) is 1. The quantitative estimate of drug-likeness (QED) is 0.445. The second kappa shape index (κ2) is 12.3. The van der Waals surface area contributed by atoms with Gasteiger partial charge in [0.05, 0.1) is 16.1 Å². The molecule has 0 saturated carbocycles. The zero-order valence-electron chi connectivity index (χ0n) is 19.1. The van der Waals surface area contributed by atoms with Crippen LogP contribution in [-0.2, 0) is 4.74 Å². The van der Waals surface area contributed by atoms with Gasteiger partial charge in [0, 0.05) is 49.2 Å². The van der Waals surface area contributed by atoms with Crippen LogP contribution < -0.4 is 15.5 Å². The lowest BCUT2D eigenvalue weighted by Gasteiger charge is -2.33. The fourth-order valence-corrected chi connectivity index (χ4v) is 4.30. The maximum Gasteiger partial charge on any atom is 0.257 e. The summed E-state index contributed by atoms with van der Waals surface area (Å²) in [5, 5.41) is 6.56. The molecule has 1 saturated heterocycles. The molecule has 2 amide bonds. The van der Waals surface area contributed by atoms with Crippen LogP contribution in [0.15, 0.2) is 36.4 Å². The number of benzene rings is 2. The molecule has 2 aromatic rings. The van der Waals surface area contributed by atoms with E-state index in [1.54, 1.807) is 18.2 Å². The van der Waals surface area contributed by atoms with Crippen LogP contribution >= 0.6 is 23.2 Å². The average Bonchev–Trinajstić information content (AvgIpc) is 2.79. The molecule has 1 fully saturated rings. The van der Waals surface area contributed by atoms with Gasteiger partial charge in [0.2, 0.25) is 0 Å². The molecule has 1 heterocycles. The number of carbonyl (C=O) groups is 2. The molecule has 33 heavy (non-hydrogen) atoms. The maximum atomic E-state index is 13.1. The van der Waals surface area contributed by atoms with Crippen molar-refractivity contribution in [1.29, 1.82) is 0 Å². The van der Waals surface area contributed by atoms with E-state index in [0.29, 0.717) is 47.5 Å². The highest BCUT2D eigenvalue weighted by Gasteiger charge is 2.22. The van der Waals surface area contributed by atoms with Crippen LogP contribution in [0.2, 0.25) is 10.0 Å². The lowest BCUT2D eigenvalue weighted by Crippen LogP contribution is -2.35. The predicted octanol–water partition coefficient (Wildman–Crippen LogP) is 5.64. The Bertz CT molecular complexity index is 975. The van der Waals surface area contributed by atoms with Crippen LogP contribution in [0, 0.1) is 5.92 Å². The van der Waals surface area contributed by atoms with Gasteiger partial charge in [-0.1, -0.05) is 30.1 Å². The molecule has 3 rings (SSSR count). The summed E-state index contributed by atoms with van der Waals surface area (Å²) < 4.78 is 5.35. The van der Waals surface area contributed by atoms with Gasteiger partial charge in [0.1, 0.15) is 0 Å². The first kappa shape index (κ1) is 25.3. The predicted molar refractivity (Wildman–Crippen MR) is 135 cm³/mol. The van der Waals surface area contributed by atoms with E-state index in [9.17, 15) is 9.59 Å². The van der Waals surface area contributed by atoms with Crippen LogP contribution in [0.1, 0.15) is 53.8 Å². The minimum absolute atomic E-state index is 0.166. The van der Waals surface area contributed by atoms with Crippen molar-refractivity contribution in [1.82, 2.24) is 5.32 Å². The summed E-state index contributed by atoms with van der Waals surface area (Å²) >= 11 is 12.1. The first-order valence-corrected chi connectivity index (χ1v) is 12.2. The molecule has 1 aliphatic heterocycles.